The number of piperidine rings is 1. The Bertz CT molecular complexity index is 458. The van der Waals surface area contributed by atoms with Gasteiger partial charge in [-0.3, -0.25) is 4.79 Å². The van der Waals surface area contributed by atoms with Crippen LogP contribution < -0.4 is 16.4 Å². The lowest BCUT2D eigenvalue weighted by Gasteiger charge is -2.38. The molecule has 0 spiro atoms. The predicted molar refractivity (Wildman–Crippen MR) is 74.3 cm³/mol. The predicted octanol–water partition coefficient (Wildman–Crippen LogP) is 1.67. The summed E-state index contributed by atoms with van der Waals surface area (Å²) >= 11 is 0. The second-order valence-electron chi connectivity index (χ2n) is 5.22. The van der Waals surface area contributed by atoms with E-state index in [9.17, 15) is 4.79 Å². The molecule has 98 valence electrons. The maximum atomic E-state index is 11.3. The van der Waals surface area contributed by atoms with Crippen LogP contribution >= 0.6 is 0 Å². The number of carbonyl (C=O) groups is 1. The molecule has 0 bridgehead atoms. The molecule has 2 rings (SSSR count). The first-order chi connectivity index (χ1) is 8.49. The molecule has 1 aromatic rings. The Morgan fingerprint density at radius 1 is 1.39 bits per heavy atom. The average molecular weight is 247 g/mol. The molecule has 4 nitrogen and oxygen atoms in total. The van der Waals surface area contributed by atoms with Crippen LogP contribution in [-0.2, 0) is 4.79 Å². The van der Waals surface area contributed by atoms with Crippen molar-refractivity contribution < 1.29 is 4.79 Å². The van der Waals surface area contributed by atoms with Crippen LogP contribution in [0.15, 0.2) is 18.2 Å². The van der Waals surface area contributed by atoms with Crippen molar-refractivity contribution in [3.05, 3.63) is 23.8 Å². The number of hydrogen-bond donors (Lipinski definition) is 2. The molecular formula is C14H21N3O. The van der Waals surface area contributed by atoms with Crippen LogP contribution in [0.2, 0.25) is 0 Å². The summed E-state index contributed by atoms with van der Waals surface area (Å²) in [4.78, 5) is 13.6. The fraction of sp³-hybridized carbons (Fsp3) is 0.500. The van der Waals surface area contributed by atoms with Gasteiger partial charge < -0.3 is 16.4 Å². The highest BCUT2D eigenvalue weighted by Gasteiger charge is 2.28. The molecule has 1 fully saturated rings. The standard InChI is InChI=1S/C14H21N3O/c1-9-3-6-12(7-13(9)15)17-8-11(14(16)18)5-4-10(17)2/h3,6-7,10-11H,4-5,8,15H2,1-2H3,(H2,16,18). The van der Waals surface area contributed by atoms with Crippen LogP contribution in [0, 0.1) is 12.8 Å². The number of aryl methyl sites for hydroxylation is 1. The van der Waals surface area contributed by atoms with Crippen molar-refractivity contribution in [2.75, 3.05) is 17.2 Å². The Morgan fingerprint density at radius 2 is 2.11 bits per heavy atom. The maximum absolute atomic E-state index is 11.3. The third-order valence-electron chi connectivity index (χ3n) is 3.88. The summed E-state index contributed by atoms with van der Waals surface area (Å²) in [7, 11) is 0. The minimum atomic E-state index is -0.202. The van der Waals surface area contributed by atoms with Gasteiger partial charge in [0.2, 0.25) is 5.91 Å². The van der Waals surface area contributed by atoms with Crippen LogP contribution in [0.3, 0.4) is 0 Å². The number of amides is 1. The molecule has 1 amide bonds. The van der Waals surface area contributed by atoms with E-state index in [2.05, 4.69) is 17.9 Å². The van der Waals surface area contributed by atoms with Crippen molar-refractivity contribution >= 4 is 17.3 Å². The van der Waals surface area contributed by atoms with Gasteiger partial charge in [-0.05, 0) is 44.4 Å². The van der Waals surface area contributed by atoms with Crippen LogP contribution in [0.5, 0.6) is 0 Å². The molecule has 2 atom stereocenters. The second-order valence-corrected chi connectivity index (χ2v) is 5.22. The Morgan fingerprint density at radius 3 is 2.72 bits per heavy atom. The summed E-state index contributed by atoms with van der Waals surface area (Å²) in [5.41, 5.74) is 14.3. The van der Waals surface area contributed by atoms with E-state index in [4.69, 9.17) is 11.5 Å². The number of primary amides is 1. The average Bonchev–Trinajstić information content (AvgIpc) is 2.33. The Balaban J connectivity index is 2.24. The summed E-state index contributed by atoms with van der Waals surface area (Å²) in [5.74, 6) is -0.254. The molecule has 1 heterocycles. The van der Waals surface area contributed by atoms with Gasteiger partial charge in [-0.15, -0.1) is 0 Å². The summed E-state index contributed by atoms with van der Waals surface area (Å²) in [5, 5.41) is 0. The van der Waals surface area contributed by atoms with E-state index >= 15 is 0 Å². The van der Waals surface area contributed by atoms with Crippen LogP contribution in [0.1, 0.15) is 25.3 Å². The summed E-state index contributed by atoms with van der Waals surface area (Å²) in [6.07, 6.45) is 1.87. The third kappa shape index (κ3) is 2.42. The largest absolute Gasteiger partial charge is 0.398 e. The van der Waals surface area contributed by atoms with Gasteiger partial charge in [0, 0.05) is 24.0 Å². The molecule has 2 unspecified atom stereocenters. The van der Waals surface area contributed by atoms with Crippen molar-refractivity contribution in [3.63, 3.8) is 0 Å². The van der Waals surface area contributed by atoms with Crippen LogP contribution in [0.4, 0.5) is 11.4 Å². The van der Waals surface area contributed by atoms with Gasteiger partial charge in [-0.25, -0.2) is 0 Å². The number of nitrogens with two attached hydrogens (primary N) is 2. The molecule has 1 aliphatic heterocycles. The number of anilines is 2. The Labute approximate surface area is 108 Å². The molecule has 0 aromatic heterocycles. The van der Waals surface area contributed by atoms with Crippen molar-refractivity contribution in [1.82, 2.24) is 0 Å². The highest BCUT2D eigenvalue weighted by atomic mass is 16.1. The molecule has 1 aromatic carbocycles. The Hall–Kier alpha value is -1.71. The van der Waals surface area contributed by atoms with E-state index in [0.717, 1.165) is 29.8 Å². The quantitative estimate of drug-likeness (QED) is 0.781. The van der Waals surface area contributed by atoms with E-state index < -0.39 is 0 Å². The van der Waals surface area contributed by atoms with E-state index in [0.29, 0.717) is 12.6 Å². The normalized spacial score (nSPS) is 24.0. The van der Waals surface area contributed by atoms with Gasteiger partial charge in [0.05, 0.1) is 5.92 Å². The fourth-order valence-electron chi connectivity index (χ4n) is 2.51. The highest BCUT2D eigenvalue weighted by molar-refractivity contribution is 5.78. The van der Waals surface area contributed by atoms with Gasteiger partial charge in [0.15, 0.2) is 0 Å². The lowest BCUT2D eigenvalue weighted by atomic mass is 9.92. The smallest absolute Gasteiger partial charge is 0.222 e. The van der Waals surface area contributed by atoms with E-state index in [-0.39, 0.29) is 11.8 Å². The van der Waals surface area contributed by atoms with Gasteiger partial charge in [-0.2, -0.15) is 0 Å². The third-order valence-corrected chi connectivity index (χ3v) is 3.88. The van der Waals surface area contributed by atoms with E-state index in [1.807, 2.05) is 19.1 Å². The van der Waals surface area contributed by atoms with Gasteiger partial charge in [0.25, 0.3) is 0 Å². The first kappa shape index (κ1) is 12.7. The van der Waals surface area contributed by atoms with Gasteiger partial charge in [0.1, 0.15) is 0 Å². The summed E-state index contributed by atoms with van der Waals surface area (Å²) in [6, 6.07) is 6.48. The van der Waals surface area contributed by atoms with Gasteiger partial charge in [-0.1, -0.05) is 6.07 Å². The second kappa shape index (κ2) is 4.88. The van der Waals surface area contributed by atoms with E-state index in [1.165, 1.54) is 0 Å². The number of nitrogen functional groups attached to an aromatic ring is 1. The maximum Gasteiger partial charge on any atom is 0.222 e. The topological polar surface area (TPSA) is 72.3 Å². The minimum absolute atomic E-state index is 0.0521. The molecule has 1 saturated heterocycles. The van der Waals surface area contributed by atoms with Crippen molar-refractivity contribution in [3.8, 4) is 0 Å². The van der Waals surface area contributed by atoms with Crippen LogP contribution in [0.25, 0.3) is 0 Å². The van der Waals surface area contributed by atoms with E-state index in [1.54, 1.807) is 0 Å². The molecular weight excluding hydrogens is 226 g/mol. The minimum Gasteiger partial charge on any atom is -0.398 e. The fourth-order valence-corrected chi connectivity index (χ4v) is 2.51. The zero-order chi connectivity index (χ0) is 13.3. The van der Waals surface area contributed by atoms with Gasteiger partial charge >= 0.3 is 0 Å². The summed E-state index contributed by atoms with van der Waals surface area (Å²) < 4.78 is 0. The molecule has 0 radical (unpaired) electrons. The molecule has 18 heavy (non-hydrogen) atoms. The first-order valence-electron chi connectivity index (χ1n) is 6.41. The first-order valence-corrected chi connectivity index (χ1v) is 6.41. The van der Waals surface area contributed by atoms with Crippen molar-refractivity contribution in [1.29, 1.82) is 0 Å². The summed E-state index contributed by atoms with van der Waals surface area (Å²) in [6.45, 7) is 4.86. The van der Waals surface area contributed by atoms with Crippen molar-refractivity contribution in [2.24, 2.45) is 11.7 Å². The molecule has 1 aliphatic rings. The van der Waals surface area contributed by atoms with Crippen molar-refractivity contribution in [2.45, 2.75) is 32.7 Å². The zero-order valence-corrected chi connectivity index (χ0v) is 11.0. The zero-order valence-electron chi connectivity index (χ0n) is 11.0. The molecule has 0 aliphatic carbocycles. The Kier molecular flexibility index (Phi) is 3.45. The number of carbonyl (C=O) groups excluding carboxylic acids is 1. The lowest BCUT2D eigenvalue weighted by molar-refractivity contribution is -0.122. The van der Waals surface area contributed by atoms with Crippen LogP contribution in [-0.4, -0.2) is 18.5 Å². The molecule has 4 N–H and O–H groups in total. The SMILES string of the molecule is Cc1ccc(N2CC(C(N)=O)CCC2C)cc1N. The lowest BCUT2D eigenvalue weighted by Crippen LogP contribution is -2.45. The number of rotatable bonds is 2. The number of nitrogens with zero attached hydrogens (tertiary/aromatic N) is 1. The highest BCUT2D eigenvalue weighted by Crippen LogP contribution is 2.29. The molecule has 0 saturated carbocycles. The number of hydrogen-bond acceptors (Lipinski definition) is 3. The molecule has 4 heteroatoms. The number of benzene rings is 1. The monoisotopic (exact) mass is 247 g/mol.